The molecule has 5 nitrogen and oxygen atoms in total. The predicted octanol–water partition coefficient (Wildman–Crippen LogP) is 2.91. The molecule has 31 heavy (non-hydrogen) atoms. The van der Waals surface area contributed by atoms with Crippen LogP contribution >= 0.6 is 0 Å². The number of fused-ring (bicyclic) bond motifs is 2. The minimum absolute atomic E-state index is 0.0376. The van der Waals surface area contributed by atoms with E-state index in [9.17, 15) is 4.79 Å². The molecule has 0 aromatic heterocycles. The van der Waals surface area contributed by atoms with Gasteiger partial charge in [0.2, 0.25) is 0 Å². The molecule has 2 fully saturated rings. The van der Waals surface area contributed by atoms with Crippen molar-refractivity contribution in [1.29, 1.82) is 0 Å². The lowest BCUT2D eigenvalue weighted by atomic mass is 10.00. The molecule has 4 atom stereocenters. The SMILES string of the molecule is COC1O[C@@]2(CO[Si](c3ccccc3)(c3ccccc3)C(C)(C)C)C(=O)C[C@@H]1[C@@H]2OC. The Balaban J connectivity index is 1.80. The van der Waals surface area contributed by atoms with Crippen LogP contribution in [0.4, 0.5) is 0 Å². The topological polar surface area (TPSA) is 54.0 Å². The van der Waals surface area contributed by atoms with Crippen LogP contribution in [0.5, 0.6) is 0 Å². The van der Waals surface area contributed by atoms with Gasteiger partial charge in [-0.2, -0.15) is 0 Å². The molecule has 6 heteroatoms. The summed E-state index contributed by atoms with van der Waals surface area (Å²) in [6.45, 7) is 6.81. The predicted molar refractivity (Wildman–Crippen MR) is 122 cm³/mol. The fourth-order valence-corrected chi connectivity index (χ4v) is 10.0. The lowest BCUT2D eigenvalue weighted by Gasteiger charge is -2.45. The molecule has 0 N–H and O–H groups in total. The van der Waals surface area contributed by atoms with E-state index in [0.717, 1.165) is 0 Å². The second kappa shape index (κ2) is 8.26. The van der Waals surface area contributed by atoms with Gasteiger partial charge in [0, 0.05) is 26.6 Å². The first kappa shape index (κ1) is 22.4. The van der Waals surface area contributed by atoms with Crippen LogP contribution in [0.2, 0.25) is 5.04 Å². The fourth-order valence-electron chi connectivity index (χ4n) is 5.43. The minimum Gasteiger partial charge on any atom is -0.404 e. The first-order valence-electron chi connectivity index (χ1n) is 10.8. The second-order valence-corrected chi connectivity index (χ2v) is 13.8. The molecule has 2 aliphatic rings. The molecule has 2 bridgehead atoms. The smallest absolute Gasteiger partial charge is 0.261 e. The standard InChI is InChI=1S/C25H32O5Si/c1-24(2,3)31(18-12-8-6-9-13-18,19-14-10-7-11-15-19)29-17-25-21(26)16-20(22(25)27-4)23(28-5)30-25/h6-15,20,22-23H,16-17H2,1-5H3/t20-,22+,23?,25+/m1/s1. The highest BCUT2D eigenvalue weighted by molar-refractivity contribution is 6.99. The van der Waals surface area contributed by atoms with Gasteiger partial charge in [-0.15, -0.1) is 0 Å². The van der Waals surface area contributed by atoms with Crippen LogP contribution in [-0.2, 0) is 23.4 Å². The van der Waals surface area contributed by atoms with Gasteiger partial charge in [0.1, 0.15) is 6.10 Å². The Bertz CT molecular complexity index is 871. The third kappa shape index (κ3) is 3.41. The van der Waals surface area contributed by atoms with E-state index in [0.29, 0.717) is 6.42 Å². The van der Waals surface area contributed by atoms with E-state index in [1.54, 1.807) is 14.2 Å². The molecule has 2 aromatic rings. The van der Waals surface area contributed by atoms with E-state index in [1.807, 2.05) is 12.1 Å². The van der Waals surface area contributed by atoms with Crippen LogP contribution in [0.15, 0.2) is 60.7 Å². The van der Waals surface area contributed by atoms with Crippen molar-refractivity contribution in [3.63, 3.8) is 0 Å². The Labute approximate surface area is 185 Å². The number of benzene rings is 2. The average molecular weight is 441 g/mol. The lowest BCUT2D eigenvalue weighted by Crippen LogP contribution is -2.68. The van der Waals surface area contributed by atoms with E-state index in [2.05, 4.69) is 69.3 Å². The van der Waals surface area contributed by atoms with Crippen molar-refractivity contribution in [2.75, 3.05) is 20.8 Å². The number of ether oxygens (including phenoxy) is 3. The summed E-state index contributed by atoms with van der Waals surface area (Å²) in [6.07, 6.45) is -0.435. The summed E-state index contributed by atoms with van der Waals surface area (Å²) in [4.78, 5) is 13.1. The molecule has 4 rings (SSSR count). The highest BCUT2D eigenvalue weighted by atomic mass is 28.4. The second-order valence-electron chi connectivity index (χ2n) is 9.51. The Morgan fingerprint density at radius 1 is 0.968 bits per heavy atom. The molecule has 0 amide bonds. The van der Waals surface area contributed by atoms with E-state index in [-0.39, 0.29) is 29.5 Å². The molecule has 1 saturated heterocycles. The Morgan fingerprint density at radius 2 is 1.52 bits per heavy atom. The molecule has 2 aromatic carbocycles. The number of Topliss-reactive ketones (excluding diaryl/α,β-unsaturated/α-hetero) is 1. The van der Waals surface area contributed by atoms with Crippen LogP contribution in [0, 0.1) is 5.92 Å². The zero-order chi connectivity index (χ0) is 22.3. The Hall–Kier alpha value is -1.83. The van der Waals surface area contributed by atoms with Crippen LogP contribution in [0.3, 0.4) is 0 Å². The molecular formula is C25H32O5Si. The van der Waals surface area contributed by atoms with Crippen molar-refractivity contribution in [3.05, 3.63) is 60.7 Å². The van der Waals surface area contributed by atoms with Gasteiger partial charge in [-0.05, 0) is 15.4 Å². The monoisotopic (exact) mass is 440 g/mol. The fraction of sp³-hybridized carbons (Fsp3) is 0.480. The van der Waals surface area contributed by atoms with E-state index < -0.39 is 20.2 Å². The van der Waals surface area contributed by atoms with E-state index >= 15 is 0 Å². The Morgan fingerprint density at radius 3 is 1.97 bits per heavy atom. The lowest BCUT2D eigenvalue weighted by molar-refractivity contribution is -0.200. The highest BCUT2D eigenvalue weighted by Crippen LogP contribution is 2.49. The summed E-state index contributed by atoms with van der Waals surface area (Å²) in [5.41, 5.74) is -1.13. The van der Waals surface area contributed by atoms with Crippen molar-refractivity contribution in [2.45, 2.75) is 50.2 Å². The summed E-state index contributed by atoms with van der Waals surface area (Å²) in [7, 11) is 0.450. The molecule has 0 spiro atoms. The van der Waals surface area contributed by atoms with Gasteiger partial charge in [-0.25, -0.2) is 0 Å². The summed E-state index contributed by atoms with van der Waals surface area (Å²) in [5.74, 6) is -0.0687. The van der Waals surface area contributed by atoms with Crippen LogP contribution in [-0.4, -0.2) is 52.9 Å². The Kier molecular flexibility index (Phi) is 5.96. The summed E-state index contributed by atoms with van der Waals surface area (Å²) >= 11 is 0. The zero-order valence-electron chi connectivity index (χ0n) is 19.0. The van der Waals surface area contributed by atoms with Crippen LogP contribution in [0.25, 0.3) is 0 Å². The minimum atomic E-state index is -2.79. The van der Waals surface area contributed by atoms with E-state index in [4.69, 9.17) is 18.6 Å². The van der Waals surface area contributed by atoms with Gasteiger partial charge in [0.05, 0.1) is 6.61 Å². The molecule has 1 aliphatic heterocycles. The van der Waals surface area contributed by atoms with Gasteiger partial charge >= 0.3 is 0 Å². The van der Waals surface area contributed by atoms with Gasteiger partial charge in [-0.1, -0.05) is 81.4 Å². The molecule has 0 radical (unpaired) electrons. The van der Waals surface area contributed by atoms with E-state index in [1.165, 1.54) is 10.4 Å². The molecule has 1 saturated carbocycles. The van der Waals surface area contributed by atoms with Crippen molar-refractivity contribution in [1.82, 2.24) is 0 Å². The molecular weight excluding hydrogens is 408 g/mol. The van der Waals surface area contributed by atoms with Crippen molar-refractivity contribution in [2.24, 2.45) is 5.92 Å². The van der Waals surface area contributed by atoms with Gasteiger partial charge in [0.25, 0.3) is 8.32 Å². The number of carbonyl (C=O) groups excluding carboxylic acids is 1. The quantitative estimate of drug-likeness (QED) is 0.620. The average Bonchev–Trinajstić information content (AvgIpc) is 3.22. The maximum Gasteiger partial charge on any atom is 0.261 e. The van der Waals surface area contributed by atoms with Crippen LogP contribution in [0.1, 0.15) is 27.2 Å². The number of carbonyl (C=O) groups is 1. The third-order valence-electron chi connectivity index (χ3n) is 6.82. The molecule has 1 unspecified atom stereocenters. The number of hydrogen-bond acceptors (Lipinski definition) is 5. The van der Waals surface area contributed by atoms with Gasteiger partial charge in [0.15, 0.2) is 17.7 Å². The summed E-state index contributed by atoms with van der Waals surface area (Å²) in [6, 6.07) is 20.8. The largest absolute Gasteiger partial charge is 0.404 e. The normalized spacial score (nSPS) is 28.3. The highest BCUT2D eigenvalue weighted by Gasteiger charge is 2.67. The zero-order valence-corrected chi connectivity index (χ0v) is 20.0. The van der Waals surface area contributed by atoms with Crippen LogP contribution < -0.4 is 10.4 Å². The first-order chi connectivity index (χ1) is 14.8. The maximum atomic E-state index is 13.1. The molecule has 1 heterocycles. The van der Waals surface area contributed by atoms with Crippen molar-refractivity contribution in [3.8, 4) is 0 Å². The molecule has 166 valence electrons. The number of rotatable bonds is 7. The maximum absolute atomic E-state index is 13.1. The number of ketones is 1. The first-order valence-corrected chi connectivity index (χ1v) is 12.7. The third-order valence-corrected chi connectivity index (χ3v) is 11.8. The summed E-state index contributed by atoms with van der Waals surface area (Å²) in [5, 5.41) is 2.15. The van der Waals surface area contributed by atoms with Crippen molar-refractivity contribution < 1.29 is 23.4 Å². The number of methoxy groups -OCH3 is 2. The van der Waals surface area contributed by atoms with Gasteiger partial charge in [-0.3, -0.25) is 4.79 Å². The summed E-state index contributed by atoms with van der Waals surface area (Å²) < 4.78 is 24.5. The van der Waals surface area contributed by atoms with Gasteiger partial charge < -0.3 is 18.6 Å². The molecule has 1 aliphatic carbocycles. The number of hydrogen-bond donors (Lipinski definition) is 0. The van der Waals surface area contributed by atoms with Crippen molar-refractivity contribution >= 4 is 24.5 Å².